The topological polar surface area (TPSA) is 129 Å². The Labute approximate surface area is 225 Å². The number of fused-ring (bicyclic) bond motifs is 3. The lowest BCUT2D eigenvalue weighted by Crippen LogP contribution is -2.44. The Bertz CT molecular complexity index is 1660. The third-order valence-electron chi connectivity index (χ3n) is 8.98. The Kier molecular flexibility index (Phi) is 5.00. The molecule has 1 aromatic carbocycles. The van der Waals surface area contributed by atoms with Gasteiger partial charge in [-0.3, -0.25) is 10.2 Å². The largest absolute Gasteiger partial charge is 0.355 e. The number of aromatic nitrogens is 7. The summed E-state index contributed by atoms with van der Waals surface area (Å²) in [7, 11) is 0. The molecule has 0 unspecified atom stereocenters. The fourth-order valence-electron chi connectivity index (χ4n) is 6.82. The van der Waals surface area contributed by atoms with Crippen LogP contribution in [0, 0.1) is 5.41 Å². The number of aryl methyl sites for hydroxylation is 1. The summed E-state index contributed by atoms with van der Waals surface area (Å²) in [5.41, 5.74) is 15.1. The first-order chi connectivity index (χ1) is 19.2. The van der Waals surface area contributed by atoms with Crippen LogP contribution in [0.1, 0.15) is 42.1 Å². The smallest absolute Gasteiger partial charge is 0.183 e. The van der Waals surface area contributed by atoms with E-state index < -0.39 is 0 Å². The van der Waals surface area contributed by atoms with Crippen molar-refractivity contribution in [2.75, 3.05) is 29.4 Å². The molecule has 1 spiro atoms. The number of nitrogens with two attached hydrogens (primary N) is 1. The summed E-state index contributed by atoms with van der Waals surface area (Å²) in [6, 6.07) is 14.9. The van der Waals surface area contributed by atoms with E-state index in [-0.39, 0.29) is 11.5 Å². The number of nitrogens with zero attached hydrogens (tertiary/aromatic N) is 7. The van der Waals surface area contributed by atoms with Crippen LogP contribution < -0.4 is 15.5 Å². The Hall–Kier alpha value is -4.31. The fourth-order valence-corrected chi connectivity index (χ4v) is 6.82. The van der Waals surface area contributed by atoms with Crippen molar-refractivity contribution in [1.82, 2.24) is 35.3 Å². The van der Waals surface area contributed by atoms with Crippen LogP contribution in [0.3, 0.4) is 0 Å². The molecule has 5 aromatic rings. The van der Waals surface area contributed by atoms with E-state index >= 15 is 0 Å². The third-order valence-corrected chi connectivity index (χ3v) is 8.98. The summed E-state index contributed by atoms with van der Waals surface area (Å²) in [5, 5.41) is 14.9. The molecule has 39 heavy (non-hydrogen) atoms. The summed E-state index contributed by atoms with van der Waals surface area (Å²) in [5.74, 6) is 1.69. The van der Waals surface area contributed by atoms with Gasteiger partial charge in [0.05, 0.1) is 29.0 Å². The molecule has 0 bridgehead atoms. The Morgan fingerprint density at radius 2 is 1.87 bits per heavy atom. The van der Waals surface area contributed by atoms with Crippen LogP contribution in [0.4, 0.5) is 17.3 Å². The zero-order chi connectivity index (χ0) is 26.0. The molecule has 3 aliphatic rings. The number of piperidine rings is 1. The highest BCUT2D eigenvalue weighted by Gasteiger charge is 2.46. The number of hydrogen-bond donors (Lipinski definition) is 3. The molecule has 0 radical (unpaired) electrons. The molecular weight excluding hydrogens is 488 g/mol. The second-order valence-electron chi connectivity index (χ2n) is 11.1. The van der Waals surface area contributed by atoms with Gasteiger partial charge in [-0.2, -0.15) is 10.2 Å². The predicted octanol–water partition coefficient (Wildman–Crippen LogP) is 4.07. The van der Waals surface area contributed by atoms with E-state index in [1.165, 1.54) is 11.1 Å². The van der Waals surface area contributed by atoms with E-state index in [0.29, 0.717) is 5.65 Å². The second-order valence-corrected chi connectivity index (χ2v) is 11.1. The molecule has 0 amide bonds. The normalized spacial score (nSPS) is 20.0. The lowest BCUT2D eigenvalue weighted by Gasteiger charge is -2.42. The molecule has 4 aromatic heterocycles. The van der Waals surface area contributed by atoms with E-state index in [0.717, 1.165) is 91.7 Å². The van der Waals surface area contributed by atoms with E-state index in [1.54, 1.807) is 6.20 Å². The van der Waals surface area contributed by atoms with Crippen LogP contribution >= 0.6 is 0 Å². The Balaban J connectivity index is 1.04. The Morgan fingerprint density at radius 3 is 2.72 bits per heavy atom. The Morgan fingerprint density at radius 1 is 0.974 bits per heavy atom. The van der Waals surface area contributed by atoms with Gasteiger partial charge in [0, 0.05) is 31.9 Å². The summed E-state index contributed by atoms with van der Waals surface area (Å²) in [6.07, 6.45) is 8.74. The van der Waals surface area contributed by atoms with E-state index in [9.17, 15) is 0 Å². The maximum atomic E-state index is 6.78. The molecule has 8 rings (SSSR count). The second kappa shape index (κ2) is 8.60. The molecular formula is C29H30N10. The molecule has 0 saturated carbocycles. The number of H-pyrrole nitrogens is 2. The van der Waals surface area contributed by atoms with Crippen molar-refractivity contribution < 1.29 is 0 Å². The number of anilines is 3. The first kappa shape index (κ1) is 22.7. The highest BCUT2D eigenvalue weighted by atomic mass is 15.3. The molecule has 1 atom stereocenters. The van der Waals surface area contributed by atoms with Gasteiger partial charge < -0.3 is 15.5 Å². The highest BCUT2D eigenvalue weighted by molar-refractivity contribution is 5.87. The number of nitrogens with one attached hydrogen (secondary N) is 2. The minimum absolute atomic E-state index is 0.108. The number of hydrogen-bond acceptors (Lipinski definition) is 8. The van der Waals surface area contributed by atoms with Gasteiger partial charge in [-0.1, -0.05) is 24.3 Å². The van der Waals surface area contributed by atoms with Crippen LogP contribution in [-0.2, 0) is 12.8 Å². The predicted molar refractivity (Wildman–Crippen MR) is 150 cm³/mol. The number of aromatic amines is 2. The van der Waals surface area contributed by atoms with Crippen molar-refractivity contribution in [3.63, 3.8) is 0 Å². The standard InChI is InChI=1S/C29H30N10/c30-26-19-5-2-1-4-18(19)16-29(26)10-14-38(15-11-29)24-17-31-25-27(34-24)36-37-28(25)39-13-3-6-22-23(39)8-7-20(33-22)21-9-12-32-35-21/h1-2,4-5,7-9,12,17,26H,3,6,10-11,13-16,30H2,(H,32,35)(H,34,36,37)/t26-/m0/s1. The number of pyridine rings is 1. The van der Waals surface area contributed by atoms with E-state index in [2.05, 4.69) is 60.5 Å². The van der Waals surface area contributed by atoms with Crippen molar-refractivity contribution in [1.29, 1.82) is 0 Å². The summed E-state index contributed by atoms with van der Waals surface area (Å²) >= 11 is 0. The third kappa shape index (κ3) is 3.55. The maximum Gasteiger partial charge on any atom is 0.183 e. The molecule has 6 heterocycles. The van der Waals surface area contributed by atoms with Gasteiger partial charge in [0.2, 0.25) is 0 Å². The van der Waals surface area contributed by atoms with Crippen LogP contribution in [-0.4, -0.2) is 55.0 Å². The van der Waals surface area contributed by atoms with Crippen molar-refractivity contribution in [3.05, 3.63) is 71.7 Å². The van der Waals surface area contributed by atoms with Crippen LogP contribution in [0.25, 0.3) is 22.6 Å². The highest BCUT2D eigenvalue weighted by Crippen LogP contribution is 2.51. The summed E-state index contributed by atoms with van der Waals surface area (Å²) in [6.45, 7) is 2.71. The molecule has 10 heteroatoms. The number of rotatable bonds is 3. The molecule has 4 N–H and O–H groups in total. The lowest BCUT2D eigenvalue weighted by atomic mass is 9.73. The van der Waals surface area contributed by atoms with Crippen molar-refractivity contribution in [2.24, 2.45) is 11.1 Å². The minimum atomic E-state index is 0.108. The van der Waals surface area contributed by atoms with Crippen LogP contribution in [0.5, 0.6) is 0 Å². The van der Waals surface area contributed by atoms with Gasteiger partial charge in [0.15, 0.2) is 17.0 Å². The van der Waals surface area contributed by atoms with E-state index in [4.69, 9.17) is 20.7 Å². The van der Waals surface area contributed by atoms with Gasteiger partial charge in [-0.15, -0.1) is 0 Å². The molecule has 196 valence electrons. The minimum Gasteiger partial charge on any atom is -0.355 e. The molecule has 1 fully saturated rings. The number of benzene rings is 1. The molecule has 10 nitrogen and oxygen atoms in total. The first-order valence-corrected chi connectivity index (χ1v) is 13.8. The lowest BCUT2D eigenvalue weighted by molar-refractivity contribution is 0.187. The summed E-state index contributed by atoms with van der Waals surface area (Å²) in [4.78, 5) is 19.3. The van der Waals surface area contributed by atoms with Gasteiger partial charge >= 0.3 is 0 Å². The quantitative estimate of drug-likeness (QED) is 0.326. The van der Waals surface area contributed by atoms with E-state index in [1.807, 2.05) is 18.3 Å². The van der Waals surface area contributed by atoms with Crippen molar-refractivity contribution in [2.45, 2.75) is 38.1 Å². The SMILES string of the molecule is N[C@H]1c2ccccc2CC12CCN(c1cnc3c(N4CCCc5nc(-c6ccn[nH]6)ccc54)n[nH]c3n1)CC2. The summed E-state index contributed by atoms with van der Waals surface area (Å²) < 4.78 is 0. The first-order valence-electron chi connectivity index (χ1n) is 13.8. The average Bonchev–Trinajstić information content (AvgIpc) is 3.72. The monoisotopic (exact) mass is 518 g/mol. The van der Waals surface area contributed by atoms with Gasteiger partial charge in [0.1, 0.15) is 5.82 Å². The van der Waals surface area contributed by atoms with Crippen LogP contribution in [0.2, 0.25) is 0 Å². The van der Waals surface area contributed by atoms with Crippen molar-refractivity contribution >= 4 is 28.5 Å². The zero-order valence-corrected chi connectivity index (χ0v) is 21.6. The molecule has 1 aliphatic carbocycles. The van der Waals surface area contributed by atoms with Gasteiger partial charge in [-0.25, -0.2) is 15.0 Å². The van der Waals surface area contributed by atoms with Gasteiger partial charge in [0.25, 0.3) is 0 Å². The van der Waals surface area contributed by atoms with Crippen LogP contribution in [0.15, 0.2) is 54.9 Å². The maximum absolute atomic E-state index is 6.78. The average molecular weight is 519 g/mol. The zero-order valence-electron chi connectivity index (χ0n) is 21.6. The molecule has 1 saturated heterocycles. The molecule has 2 aliphatic heterocycles. The fraction of sp³-hybridized carbons (Fsp3) is 0.345. The van der Waals surface area contributed by atoms with Crippen molar-refractivity contribution in [3.8, 4) is 11.4 Å². The van der Waals surface area contributed by atoms with Gasteiger partial charge in [-0.05, 0) is 66.8 Å².